The van der Waals surface area contributed by atoms with Crippen LogP contribution in [0.15, 0.2) is 0 Å². The second-order valence-corrected chi connectivity index (χ2v) is 10.1. The van der Waals surface area contributed by atoms with Gasteiger partial charge in [0.1, 0.15) is 0 Å². The van der Waals surface area contributed by atoms with E-state index < -0.39 is 20.1 Å². The van der Waals surface area contributed by atoms with E-state index in [1.54, 1.807) is 18.7 Å². The Labute approximate surface area is 129 Å². The number of amides is 1. The first-order valence-electron chi connectivity index (χ1n) is 7.62. The van der Waals surface area contributed by atoms with Crippen LogP contribution in [0, 0.1) is 5.92 Å². The molecule has 1 N–H and O–H groups in total. The molecule has 5 nitrogen and oxygen atoms in total. The van der Waals surface area contributed by atoms with E-state index in [0.29, 0.717) is 12.3 Å². The van der Waals surface area contributed by atoms with Gasteiger partial charge in [0.15, 0.2) is 9.84 Å². The van der Waals surface area contributed by atoms with Crippen LogP contribution in [-0.4, -0.2) is 48.5 Å². The molecule has 1 amide bonds. The Bertz CT molecular complexity index is 499. The first-order valence-corrected chi connectivity index (χ1v) is 9.51. The molecule has 0 aromatic rings. The zero-order valence-electron chi connectivity index (χ0n) is 14.4. The van der Waals surface area contributed by atoms with Gasteiger partial charge in [-0.2, -0.15) is 0 Å². The molecular weight excluding hydrogens is 288 g/mol. The first-order chi connectivity index (χ1) is 9.34. The number of carbonyl (C=O) groups is 1. The Morgan fingerprint density at radius 1 is 1.38 bits per heavy atom. The number of hydrogen-bond acceptors (Lipinski definition) is 4. The van der Waals surface area contributed by atoms with Crippen LogP contribution in [0.3, 0.4) is 0 Å². The van der Waals surface area contributed by atoms with Gasteiger partial charge in [-0.1, -0.05) is 20.8 Å². The maximum atomic E-state index is 12.7. The fourth-order valence-electron chi connectivity index (χ4n) is 2.56. The fraction of sp³-hybridized carbons (Fsp3) is 0.933. The van der Waals surface area contributed by atoms with Crippen LogP contribution in [0.2, 0.25) is 0 Å². The summed E-state index contributed by atoms with van der Waals surface area (Å²) >= 11 is 0. The average molecular weight is 318 g/mol. The molecule has 1 saturated heterocycles. The predicted molar refractivity (Wildman–Crippen MR) is 85.7 cm³/mol. The largest absolute Gasteiger partial charge is 0.324 e. The summed E-state index contributed by atoms with van der Waals surface area (Å²) in [4.78, 5) is 14.5. The van der Waals surface area contributed by atoms with Gasteiger partial charge < -0.3 is 4.90 Å². The van der Waals surface area contributed by atoms with Crippen molar-refractivity contribution in [3.8, 4) is 0 Å². The van der Waals surface area contributed by atoms with Gasteiger partial charge in [0.05, 0.1) is 16.5 Å². The van der Waals surface area contributed by atoms with Crippen molar-refractivity contribution in [1.82, 2.24) is 10.2 Å². The summed E-state index contributed by atoms with van der Waals surface area (Å²) in [7, 11) is -3.23. The van der Waals surface area contributed by atoms with E-state index in [1.165, 1.54) is 6.26 Å². The lowest BCUT2D eigenvalue weighted by atomic mass is 9.99. The zero-order chi connectivity index (χ0) is 16.6. The Kier molecular flexibility index (Phi) is 5.16. The number of sulfone groups is 1. The van der Waals surface area contributed by atoms with Crippen molar-refractivity contribution in [2.24, 2.45) is 5.92 Å². The van der Waals surface area contributed by atoms with Crippen molar-refractivity contribution in [1.29, 1.82) is 0 Å². The van der Waals surface area contributed by atoms with E-state index in [1.807, 2.05) is 13.8 Å². The first kappa shape index (κ1) is 18.4. The van der Waals surface area contributed by atoms with Crippen molar-refractivity contribution >= 4 is 15.7 Å². The minimum absolute atomic E-state index is 0.00683. The van der Waals surface area contributed by atoms with Crippen LogP contribution in [0.4, 0.5) is 0 Å². The molecule has 0 spiro atoms. The highest BCUT2D eigenvalue weighted by Crippen LogP contribution is 2.29. The zero-order valence-corrected chi connectivity index (χ0v) is 15.2. The highest BCUT2D eigenvalue weighted by atomic mass is 32.2. The topological polar surface area (TPSA) is 66.5 Å². The summed E-state index contributed by atoms with van der Waals surface area (Å²) < 4.78 is 23.0. The minimum Gasteiger partial charge on any atom is -0.324 e. The van der Waals surface area contributed by atoms with Gasteiger partial charge in [-0.05, 0) is 39.5 Å². The normalized spacial score (nSPS) is 27.7. The molecule has 0 bridgehead atoms. The monoisotopic (exact) mass is 318 g/mol. The van der Waals surface area contributed by atoms with Gasteiger partial charge in [-0.15, -0.1) is 0 Å². The summed E-state index contributed by atoms with van der Waals surface area (Å²) in [5, 5.41) is 3.40. The minimum atomic E-state index is -3.23. The van der Waals surface area contributed by atoms with Crippen molar-refractivity contribution in [2.75, 3.05) is 12.8 Å². The molecule has 1 heterocycles. The Hall–Kier alpha value is -0.620. The van der Waals surface area contributed by atoms with E-state index >= 15 is 0 Å². The number of carbonyl (C=O) groups excluding carboxylic acids is 1. The van der Waals surface area contributed by atoms with E-state index in [9.17, 15) is 13.2 Å². The van der Waals surface area contributed by atoms with Crippen LogP contribution in [0.5, 0.6) is 0 Å². The van der Waals surface area contributed by atoms with Gasteiger partial charge in [-0.25, -0.2) is 8.42 Å². The van der Waals surface area contributed by atoms with Crippen molar-refractivity contribution in [3.63, 3.8) is 0 Å². The molecule has 2 unspecified atom stereocenters. The molecule has 0 aromatic heterocycles. The smallest absolute Gasteiger partial charge is 0.243 e. The molecule has 6 heteroatoms. The standard InChI is InChI=1S/C15H30N2O3S/c1-8-15(6)13(18)17(12(16-15)9-11(2)3)10-14(4,5)21(7,19)20/h11-12,16H,8-10H2,1-7H3. The molecule has 0 radical (unpaired) electrons. The molecule has 21 heavy (non-hydrogen) atoms. The molecule has 0 saturated carbocycles. The quantitative estimate of drug-likeness (QED) is 0.811. The maximum absolute atomic E-state index is 12.7. The fourth-order valence-corrected chi connectivity index (χ4v) is 2.93. The Balaban J connectivity index is 3.08. The van der Waals surface area contributed by atoms with Crippen LogP contribution in [-0.2, 0) is 14.6 Å². The average Bonchev–Trinajstić information content (AvgIpc) is 2.52. The van der Waals surface area contributed by atoms with Crippen LogP contribution in [0.1, 0.15) is 54.4 Å². The lowest BCUT2D eigenvalue weighted by Gasteiger charge is -2.33. The second-order valence-electron chi connectivity index (χ2n) is 7.44. The molecule has 1 aliphatic rings. The van der Waals surface area contributed by atoms with Gasteiger partial charge in [0, 0.05) is 12.8 Å². The molecule has 2 atom stereocenters. The summed E-state index contributed by atoms with van der Waals surface area (Å²) in [6, 6.07) is 0. The maximum Gasteiger partial charge on any atom is 0.243 e. The molecule has 124 valence electrons. The Morgan fingerprint density at radius 2 is 1.90 bits per heavy atom. The van der Waals surface area contributed by atoms with Gasteiger partial charge in [-0.3, -0.25) is 10.1 Å². The van der Waals surface area contributed by atoms with Gasteiger partial charge in [0.25, 0.3) is 0 Å². The number of rotatable bonds is 6. The summed E-state index contributed by atoms with van der Waals surface area (Å²) in [6.07, 6.45) is 2.65. The molecule has 0 aliphatic carbocycles. The van der Waals surface area contributed by atoms with Crippen LogP contribution >= 0.6 is 0 Å². The van der Waals surface area contributed by atoms with E-state index in [2.05, 4.69) is 19.2 Å². The summed E-state index contributed by atoms with van der Waals surface area (Å²) in [6.45, 7) is 11.7. The lowest BCUT2D eigenvalue weighted by Crippen LogP contribution is -2.49. The highest BCUT2D eigenvalue weighted by Gasteiger charge is 2.49. The number of nitrogens with one attached hydrogen (secondary N) is 1. The van der Waals surface area contributed by atoms with Gasteiger partial charge in [0.2, 0.25) is 5.91 Å². The van der Waals surface area contributed by atoms with Crippen molar-refractivity contribution in [2.45, 2.75) is 70.8 Å². The van der Waals surface area contributed by atoms with E-state index in [0.717, 1.165) is 6.42 Å². The van der Waals surface area contributed by atoms with Crippen LogP contribution in [0.25, 0.3) is 0 Å². The predicted octanol–water partition coefficient (Wildman–Crippen LogP) is 1.78. The van der Waals surface area contributed by atoms with Gasteiger partial charge >= 0.3 is 0 Å². The highest BCUT2D eigenvalue weighted by molar-refractivity contribution is 7.92. The molecule has 1 aliphatic heterocycles. The SMILES string of the molecule is CCC1(C)NC(CC(C)C)N(CC(C)(C)S(C)(=O)=O)C1=O. The molecule has 0 aromatic carbocycles. The third kappa shape index (κ3) is 3.77. The third-order valence-corrected chi connectivity index (χ3v) is 6.69. The molecule has 1 rings (SSSR count). The molecule has 1 fully saturated rings. The van der Waals surface area contributed by atoms with Crippen molar-refractivity contribution < 1.29 is 13.2 Å². The molecular formula is C15H30N2O3S. The van der Waals surface area contributed by atoms with E-state index in [-0.39, 0.29) is 18.6 Å². The summed E-state index contributed by atoms with van der Waals surface area (Å²) in [5.74, 6) is 0.436. The van der Waals surface area contributed by atoms with E-state index in [4.69, 9.17) is 0 Å². The third-order valence-electron chi connectivity index (χ3n) is 4.55. The Morgan fingerprint density at radius 3 is 2.29 bits per heavy atom. The number of nitrogens with zero attached hydrogens (tertiary/aromatic N) is 1. The summed E-state index contributed by atoms with van der Waals surface area (Å²) in [5.41, 5.74) is -0.590. The second kappa shape index (κ2) is 5.88. The van der Waals surface area contributed by atoms with Crippen LogP contribution < -0.4 is 5.32 Å². The van der Waals surface area contributed by atoms with Crippen molar-refractivity contribution in [3.05, 3.63) is 0 Å². The lowest BCUT2D eigenvalue weighted by molar-refractivity contribution is -0.133. The number of hydrogen-bond donors (Lipinski definition) is 1.